The fraction of sp³-hybridized carbons (Fsp3) is 0.350. The SMILES string of the molecule is Cc1nc2c(C(=O)N3CCOCC3)cnn2c(C)c1Cc1ccccc1Cl. The van der Waals surface area contributed by atoms with Gasteiger partial charge in [-0.2, -0.15) is 5.10 Å². The topological polar surface area (TPSA) is 59.7 Å². The molecule has 1 saturated heterocycles. The maximum absolute atomic E-state index is 12.9. The molecule has 27 heavy (non-hydrogen) atoms. The summed E-state index contributed by atoms with van der Waals surface area (Å²) in [6.07, 6.45) is 2.29. The highest BCUT2D eigenvalue weighted by Gasteiger charge is 2.24. The molecule has 0 N–H and O–H groups in total. The van der Waals surface area contributed by atoms with Crippen LogP contribution in [0.2, 0.25) is 5.02 Å². The first-order valence-corrected chi connectivity index (χ1v) is 9.38. The Morgan fingerprint density at radius 3 is 2.70 bits per heavy atom. The molecule has 1 aliphatic rings. The fourth-order valence-electron chi connectivity index (χ4n) is 3.49. The van der Waals surface area contributed by atoms with Gasteiger partial charge in [-0.15, -0.1) is 0 Å². The summed E-state index contributed by atoms with van der Waals surface area (Å²) < 4.78 is 7.09. The number of carbonyl (C=O) groups is 1. The molecular weight excluding hydrogens is 364 g/mol. The molecule has 2 aromatic heterocycles. The molecule has 1 amide bonds. The van der Waals surface area contributed by atoms with Crippen molar-refractivity contribution in [1.82, 2.24) is 19.5 Å². The maximum Gasteiger partial charge on any atom is 0.259 e. The molecule has 1 aromatic carbocycles. The van der Waals surface area contributed by atoms with E-state index in [0.29, 0.717) is 43.9 Å². The second-order valence-corrected chi connectivity index (χ2v) is 7.13. The molecule has 3 aromatic rings. The number of carbonyl (C=O) groups excluding carboxylic acids is 1. The highest BCUT2D eigenvalue weighted by Crippen LogP contribution is 2.24. The number of halogens is 1. The van der Waals surface area contributed by atoms with Gasteiger partial charge in [0.05, 0.1) is 19.4 Å². The van der Waals surface area contributed by atoms with Crippen molar-refractivity contribution in [2.45, 2.75) is 20.3 Å². The Bertz CT molecular complexity index is 1010. The number of morpholine rings is 1. The number of amides is 1. The molecule has 7 heteroatoms. The van der Waals surface area contributed by atoms with Crippen molar-refractivity contribution in [3.8, 4) is 0 Å². The number of aryl methyl sites for hydroxylation is 2. The minimum absolute atomic E-state index is 0.0431. The number of nitrogens with zero attached hydrogens (tertiary/aromatic N) is 4. The lowest BCUT2D eigenvalue weighted by atomic mass is 10.0. The number of hydrogen-bond acceptors (Lipinski definition) is 4. The van der Waals surface area contributed by atoms with Crippen molar-refractivity contribution in [2.24, 2.45) is 0 Å². The van der Waals surface area contributed by atoms with Gasteiger partial charge < -0.3 is 9.64 Å². The van der Waals surface area contributed by atoms with Gasteiger partial charge in [0.25, 0.3) is 5.91 Å². The first-order valence-electron chi connectivity index (χ1n) is 9.00. The van der Waals surface area contributed by atoms with E-state index in [1.54, 1.807) is 15.6 Å². The smallest absolute Gasteiger partial charge is 0.259 e. The summed E-state index contributed by atoms with van der Waals surface area (Å²) in [5, 5.41) is 5.18. The molecular formula is C20H21ClN4O2. The van der Waals surface area contributed by atoms with Crippen LogP contribution < -0.4 is 0 Å². The average molecular weight is 385 g/mol. The third-order valence-corrected chi connectivity index (χ3v) is 5.43. The van der Waals surface area contributed by atoms with Crippen LogP contribution in [0.3, 0.4) is 0 Å². The van der Waals surface area contributed by atoms with Crippen LogP contribution in [0.25, 0.3) is 5.65 Å². The van der Waals surface area contributed by atoms with E-state index in [1.165, 1.54) is 0 Å². The molecule has 0 atom stereocenters. The van der Waals surface area contributed by atoms with Crippen LogP contribution in [0.15, 0.2) is 30.5 Å². The number of fused-ring (bicyclic) bond motifs is 1. The summed E-state index contributed by atoms with van der Waals surface area (Å²) in [5.41, 5.74) is 5.11. The van der Waals surface area contributed by atoms with Crippen molar-refractivity contribution in [1.29, 1.82) is 0 Å². The Labute approximate surface area is 162 Å². The van der Waals surface area contributed by atoms with Crippen LogP contribution in [0.4, 0.5) is 0 Å². The number of hydrogen-bond donors (Lipinski definition) is 0. The Kier molecular flexibility index (Phi) is 4.85. The summed E-state index contributed by atoms with van der Waals surface area (Å²) in [5.74, 6) is -0.0431. The molecule has 0 spiro atoms. The van der Waals surface area contributed by atoms with Crippen LogP contribution in [0.1, 0.15) is 32.9 Å². The van der Waals surface area contributed by atoms with Crippen molar-refractivity contribution in [3.05, 3.63) is 63.6 Å². The lowest BCUT2D eigenvalue weighted by molar-refractivity contribution is 0.0304. The van der Waals surface area contributed by atoms with Gasteiger partial charge >= 0.3 is 0 Å². The number of ether oxygens (including phenoxy) is 1. The average Bonchev–Trinajstić information content (AvgIpc) is 3.10. The minimum Gasteiger partial charge on any atom is -0.378 e. The third kappa shape index (κ3) is 3.31. The Morgan fingerprint density at radius 2 is 1.96 bits per heavy atom. The maximum atomic E-state index is 12.9. The Morgan fingerprint density at radius 1 is 1.22 bits per heavy atom. The van der Waals surface area contributed by atoms with Gasteiger partial charge in [0.1, 0.15) is 5.56 Å². The molecule has 0 bridgehead atoms. The van der Waals surface area contributed by atoms with Gasteiger partial charge in [-0.05, 0) is 31.0 Å². The normalized spacial score (nSPS) is 14.7. The van der Waals surface area contributed by atoms with E-state index in [4.69, 9.17) is 21.3 Å². The summed E-state index contributed by atoms with van der Waals surface area (Å²) in [4.78, 5) is 19.4. The van der Waals surface area contributed by atoms with Crippen LogP contribution in [-0.2, 0) is 11.2 Å². The summed E-state index contributed by atoms with van der Waals surface area (Å²) in [6, 6.07) is 7.80. The first-order chi connectivity index (χ1) is 13.1. The predicted octanol–water partition coefficient (Wildman–Crippen LogP) is 3.06. The predicted molar refractivity (Wildman–Crippen MR) is 103 cm³/mol. The lowest BCUT2D eigenvalue weighted by Crippen LogP contribution is -2.40. The molecule has 6 nitrogen and oxygen atoms in total. The van der Waals surface area contributed by atoms with E-state index in [2.05, 4.69) is 5.10 Å². The standard InChI is InChI=1S/C20H21ClN4O2/c1-13-16(11-15-5-3-4-6-18(15)21)14(2)25-19(23-13)17(12-22-25)20(26)24-7-9-27-10-8-24/h3-6,12H,7-11H2,1-2H3. The fourth-order valence-corrected chi connectivity index (χ4v) is 3.69. The van der Waals surface area contributed by atoms with Crippen molar-refractivity contribution >= 4 is 23.2 Å². The largest absolute Gasteiger partial charge is 0.378 e. The van der Waals surface area contributed by atoms with E-state index < -0.39 is 0 Å². The van der Waals surface area contributed by atoms with Gasteiger partial charge in [-0.3, -0.25) is 4.79 Å². The van der Waals surface area contributed by atoms with Crippen molar-refractivity contribution in [2.75, 3.05) is 26.3 Å². The number of aromatic nitrogens is 3. The zero-order chi connectivity index (χ0) is 19.0. The summed E-state index contributed by atoms with van der Waals surface area (Å²) >= 11 is 6.33. The van der Waals surface area contributed by atoms with Crippen LogP contribution in [-0.4, -0.2) is 51.7 Å². The highest BCUT2D eigenvalue weighted by atomic mass is 35.5. The molecule has 0 saturated carbocycles. The van der Waals surface area contributed by atoms with E-state index in [-0.39, 0.29) is 5.91 Å². The van der Waals surface area contributed by atoms with Gasteiger partial charge in [-0.1, -0.05) is 29.8 Å². The van der Waals surface area contributed by atoms with Crippen LogP contribution >= 0.6 is 11.6 Å². The van der Waals surface area contributed by atoms with E-state index in [0.717, 1.165) is 27.5 Å². The van der Waals surface area contributed by atoms with E-state index in [1.807, 2.05) is 38.1 Å². The summed E-state index contributed by atoms with van der Waals surface area (Å²) in [7, 11) is 0. The van der Waals surface area contributed by atoms with Gasteiger partial charge in [-0.25, -0.2) is 9.50 Å². The minimum atomic E-state index is -0.0431. The molecule has 1 fully saturated rings. The molecule has 140 valence electrons. The number of rotatable bonds is 3. The highest BCUT2D eigenvalue weighted by molar-refractivity contribution is 6.31. The first kappa shape index (κ1) is 17.9. The molecule has 3 heterocycles. The van der Waals surface area contributed by atoms with Crippen molar-refractivity contribution in [3.63, 3.8) is 0 Å². The second-order valence-electron chi connectivity index (χ2n) is 6.73. The zero-order valence-corrected chi connectivity index (χ0v) is 16.2. The molecule has 4 rings (SSSR count). The third-order valence-electron chi connectivity index (χ3n) is 5.06. The molecule has 0 unspecified atom stereocenters. The lowest BCUT2D eigenvalue weighted by Gasteiger charge is -2.26. The van der Waals surface area contributed by atoms with Gasteiger partial charge in [0.2, 0.25) is 0 Å². The number of benzene rings is 1. The van der Waals surface area contributed by atoms with E-state index in [9.17, 15) is 4.79 Å². The van der Waals surface area contributed by atoms with Gasteiger partial charge in [0, 0.05) is 35.9 Å². The molecule has 1 aliphatic heterocycles. The monoisotopic (exact) mass is 384 g/mol. The van der Waals surface area contributed by atoms with Gasteiger partial charge in [0.15, 0.2) is 5.65 Å². The Hall–Kier alpha value is -2.44. The van der Waals surface area contributed by atoms with Crippen molar-refractivity contribution < 1.29 is 9.53 Å². The molecule has 0 radical (unpaired) electrons. The zero-order valence-electron chi connectivity index (χ0n) is 15.4. The second kappa shape index (κ2) is 7.29. The molecule has 0 aliphatic carbocycles. The Balaban J connectivity index is 1.73. The quantitative estimate of drug-likeness (QED) is 0.696. The summed E-state index contributed by atoms with van der Waals surface area (Å²) in [6.45, 7) is 6.30. The van der Waals surface area contributed by atoms with Crippen LogP contribution in [0.5, 0.6) is 0 Å². The van der Waals surface area contributed by atoms with E-state index >= 15 is 0 Å². The van der Waals surface area contributed by atoms with Crippen LogP contribution in [0, 0.1) is 13.8 Å².